The van der Waals surface area contributed by atoms with Crippen molar-refractivity contribution in [2.24, 2.45) is 0 Å². The fraction of sp³-hybridized carbons (Fsp3) is 0.130. The molecule has 0 spiro atoms. The standard InChI is InChI=1S/C23H22N2O2S/c1-3-15-27-20-12-7-18(8-13-20)9-14-22(26)25-23-24-21(16-28-23)19-10-5-17(4-2)6-11-19/h3,5-14,16H,1,4,15H2,2H3,(H,24,25,26)/b14-9+. The summed E-state index contributed by atoms with van der Waals surface area (Å²) in [7, 11) is 0. The zero-order valence-electron chi connectivity index (χ0n) is 15.7. The Balaban J connectivity index is 1.58. The maximum absolute atomic E-state index is 12.2. The number of thiazole rings is 1. The molecule has 4 nitrogen and oxygen atoms in total. The van der Waals surface area contributed by atoms with Gasteiger partial charge in [0.2, 0.25) is 5.91 Å². The number of anilines is 1. The van der Waals surface area contributed by atoms with E-state index in [0.717, 1.165) is 29.0 Å². The summed E-state index contributed by atoms with van der Waals surface area (Å²) in [5, 5.41) is 5.34. The van der Waals surface area contributed by atoms with Crippen molar-refractivity contribution in [3.8, 4) is 17.0 Å². The first-order valence-corrected chi connectivity index (χ1v) is 9.93. The molecule has 0 aliphatic heterocycles. The van der Waals surface area contributed by atoms with Gasteiger partial charge in [-0.15, -0.1) is 11.3 Å². The molecular formula is C23H22N2O2S. The van der Waals surface area contributed by atoms with E-state index in [-0.39, 0.29) is 5.91 Å². The second-order valence-corrected chi connectivity index (χ2v) is 6.94. The van der Waals surface area contributed by atoms with Crippen LogP contribution in [-0.2, 0) is 11.2 Å². The Kier molecular flexibility index (Phi) is 6.76. The first-order valence-electron chi connectivity index (χ1n) is 9.05. The number of nitrogens with one attached hydrogen (secondary N) is 1. The monoisotopic (exact) mass is 390 g/mol. The molecule has 1 N–H and O–H groups in total. The normalized spacial score (nSPS) is 10.8. The molecule has 0 bridgehead atoms. The van der Waals surface area contributed by atoms with E-state index in [2.05, 4.69) is 48.1 Å². The minimum absolute atomic E-state index is 0.214. The van der Waals surface area contributed by atoms with Gasteiger partial charge in [0.25, 0.3) is 0 Å². The van der Waals surface area contributed by atoms with Gasteiger partial charge in [-0.05, 0) is 35.8 Å². The lowest BCUT2D eigenvalue weighted by atomic mass is 10.1. The Hall–Kier alpha value is -3.18. The molecule has 0 saturated carbocycles. The lowest BCUT2D eigenvalue weighted by molar-refractivity contribution is -0.111. The van der Waals surface area contributed by atoms with Gasteiger partial charge in [-0.25, -0.2) is 4.98 Å². The molecule has 5 heteroatoms. The van der Waals surface area contributed by atoms with Gasteiger partial charge in [0.05, 0.1) is 5.69 Å². The number of aryl methyl sites for hydroxylation is 1. The molecule has 1 aromatic heterocycles. The summed E-state index contributed by atoms with van der Waals surface area (Å²) in [6, 6.07) is 15.8. The average Bonchev–Trinajstić information content (AvgIpc) is 3.20. The quantitative estimate of drug-likeness (QED) is 0.403. The number of benzene rings is 2. The van der Waals surface area contributed by atoms with Crippen LogP contribution < -0.4 is 10.1 Å². The summed E-state index contributed by atoms with van der Waals surface area (Å²) in [4.78, 5) is 16.7. The third kappa shape index (κ3) is 5.41. The number of amides is 1. The number of aromatic nitrogens is 1. The molecule has 0 fully saturated rings. The lowest BCUT2D eigenvalue weighted by Gasteiger charge is -2.02. The topological polar surface area (TPSA) is 51.2 Å². The van der Waals surface area contributed by atoms with Gasteiger partial charge < -0.3 is 4.74 Å². The predicted octanol–water partition coefficient (Wildman–Crippen LogP) is 5.59. The van der Waals surface area contributed by atoms with Crippen molar-refractivity contribution in [3.05, 3.63) is 83.8 Å². The molecule has 0 aliphatic carbocycles. The van der Waals surface area contributed by atoms with Gasteiger partial charge in [0.1, 0.15) is 12.4 Å². The summed E-state index contributed by atoms with van der Waals surface area (Å²) >= 11 is 1.41. The first-order chi connectivity index (χ1) is 13.7. The number of carbonyl (C=O) groups excluding carboxylic acids is 1. The Morgan fingerprint density at radius 1 is 1.18 bits per heavy atom. The molecule has 3 rings (SSSR count). The van der Waals surface area contributed by atoms with Crippen LogP contribution in [0, 0.1) is 0 Å². The summed E-state index contributed by atoms with van der Waals surface area (Å²) in [6.07, 6.45) is 5.96. The van der Waals surface area contributed by atoms with Crippen molar-refractivity contribution in [3.63, 3.8) is 0 Å². The fourth-order valence-corrected chi connectivity index (χ4v) is 3.25. The van der Waals surface area contributed by atoms with Crippen LogP contribution in [0.1, 0.15) is 18.1 Å². The van der Waals surface area contributed by atoms with Crippen LogP contribution in [0.4, 0.5) is 5.13 Å². The minimum Gasteiger partial charge on any atom is -0.490 e. The van der Waals surface area contributed by atoms with Crippen LogP contribution >= 0.6 is 11.3 Å². The number of hydrogen-bond donors (Lipinski definition) is 1. The van der Waals surface area contributed by atoms with E-state index in [4.69, 9.17) is 4.74 Å². The van der Waals surface area contributed by atoms with Crippen molar-refractivity contribution < 1.29 is 9.53 Å². The third-order valence-electron chi connectivity index (χ3n) is 4.07. The van der Waals surface area contributed by atoms with Crippen molar-refractivity contribution in [2.75, 3.05) is 11.9 Å². The third-order valence-corrected chi connectivity index (χ3v) is 4.83. The molecule has 0 saturated heterocycles. The van der Waals surface area contributed by atoms with Crippen LogP contribution in [0.15, 0.2) is 72.6 Å². The molecule has 0 unspecified atom stereocenters. The Bertz CT molecular complexity index is 957. The number of nitrogens with zero attached hydrogens (tertiary/aromatic N) is 1. The van der Waals surface area contributed by atoms with E-state index >= 15 is 0 Å². The number of rotatable bonds is 8. The Morgan fingerprint density at radius 2 is 1.93 bits per heavy atom. The lowest BCUT2D eigenvalue weighted by Crippen LogP contribution is -2.07. The second kappa shape index (κ2) is 9.67. The van der Waals surface area contributed by atoms with Gasteiger partial charge in [0, 0.05) is 17.0 Å². The number of carbonyl (C=O) groups is 1. The predicted molar refractivity (Wildman–Crippen MR) is 117 cm³/mol. The highest BCUT2D eigenvalue weighted by molar-refractivity contribution is 7.14. The molecule has 0 atom stereocenters. The number of hydrogen-bond acceptors (Lipinski definition) is 4. The molecule has 0 aliphatic rings. The summed E-state index contributed by atoms with van der Waals surface area (Å²) in [5.74, 6) is 0.554. The van der Waals surface area contributed by atoms with Gasteiger partial charge in [-0.3, -0.25) is 10.1 Å². The van der Waals surface area contributed by atoms with Crippen molar-refractivity contribution in [2.45, 2.75) is 13.3 Å². The fourth-order valence-electron chi connectivity index (χ4n) is 2.52. The van der Waals surface area contributed by atoms with Crippen LogP contribution in [-0.4, -0.2) is 17.5 Å². The maximum atomic E-state index is 12.2. The Morgan fingerprint density at radius 3 is 2.61 bits per heavy atom. The Labute approximate surface area is 169 Å². The largest absolute Gasteiger partial charge is 0.490 e. The average molecular weight is 391 g/mol. The van der Waals surface area contributed by atoms with Crippen LogP contribution in [0.25, 0.3) is 17.3 Å². The van der Waals surface area contributed by atoms with Crippen LogP contribution in [0.5, 0.6) is 5.75 Å². The van der Waals surface area contributed by atoms with E-state index in [1.165, 1.54) is 23.0 Å². The highest BCUT2D eigenvalue weighted by atomic mass is 32.1. The highest BCUT2D eigenvalue weighted by Crippen LogP contribution is 2.25. The zero-order valence-corrected chi connectivity index (χ0v) is 16.5. The molecule has 3 aromatic rings. The van der Waals surface area contributed by atoms with Crippen molar-refractivity contribution >= 4 is 28.5 Å². The molecule has 142 valence electrons. The number of ether oxygens (including phenoxy) is 1. The van der Waals surface area contributed by atoms with Gasteiger partial charge >= 0.3 is 0 Å². The minimum atomic E-state index is -0.214. The summed E-state index contributed by atoms with van der Waals surface area (Å²) in [6.45, 7) is 6.21. The summed E-state index contributed by atoms with van der Waals surface area (Å²) < 4.78 is 5.44. The first kappa shape index (κ1) is 19.6. The molecule has 1 amide bonds. The van der Waals surface area contributed by atoms with Gasteiger partial charge in [-0.1, -0.05) is 56.0 Å². The van der Waals surface area contributed by atoms with Crippen molar-refractivity contribution in [1.82, 2.24) is 4.98 Å². The molecule has 1 heterocycles. The molecule has 0 radical (unpaired) electrons. The maximum Gasteiger partial charge on any atom is 0.250 e. The van der Waals surface area contributed by atoms with E-state index in [1.54, 1.807) is 12.2 Å². The van der Waals surface area contributed by atoms with E-state index in [1.807, 2.05) is 29.6 Å². The highest BCUT2D eigenvalue weighted by Gasteiger charge is 2.06. The summed E-state index contributed by atoms with van der Waals surface area (Å²) in [5.41, 5.74) is 4.11. The molecular weight excluding hydrogens is 368 g/mol. The van der Waals surface area contributed by atoms with Crippen LogP contribution in [0.3, 0.4) is 0 Å². The molecule has 2 aromatic carbocycles. The smallest absolute Gasteiger partial charge is 0.250 e. The second-order valence-electron chi connectivity index (χ2n) is 6.08. The van der Waals surface area contributed by atoms with E-state index in [9.17, 15) is 4.79 Å². The van der Waals surface area contributed by atoms with Crippen LogP contribution in [0.2, 0.25) is 0 Å². The van der Waals surface area contributed by atoms with Gasteiger partial charge in [0.15, 0.2) is 5.13 Å². The zero-order chi connectivity index (χ0) is 19.8. The van der Waals surface area contributed by atoms with E-state index in [0.29, 0.717) is 11.7 Å². The SMILES string of the molecule is C=CCOc1ccc(/C=C/C(=O)Nc2nc(-c3ccc(CC)cc3)cs2)cc1. The molecule has 28 heavy (non-hydrogen) atoms. The van der Waals surface area contributed by atoms with Crippen molar-refractivity contribution in [1.29, 1.82) is 0 Å². The van der Waals surface area contributed by atoms with E-state index < -0.39 is 0 Å². The van der Waals surface area contributed by atoms with Gasteiger partial charge in [-0.2, -0.15) is 0 Å².